The van der Waals surface area contributed by atoms with Gasteiger partial charge in [-0.2, -0.15) is 0 Å². The van der Waals surface area contributed by atoms with Gasteiger partial charge in [0.2, 0.25) is 0 Å². The zero-order valence-electron chi connectivity index (χ0n) is 7.18. The zero-order valence-corrected chi connectivity index (χ0v) is 7.18. The SMILES string of the molecule is NC(N)=NC[C@H]1C[C@H]1[C@H](N)C(=O)O. The largest absolute Gasteiger partial charge is 0.480 e. The summed E-state index contributed by atoms with van der Waals surface area (Å²) in [6.07, 6.45) is 0.796. The van der Waals surface area contributed by atoms with Gasteiger partial charge in [0.15, 0.2) is 5.96 Å². The second-order valence-corrected chi connectivity index (χ2v) is 3.29. The summed E-state index contributed by atoms with van der Waals surface area (Å²) < 4.78 is 0. The van der Waals surface area contributed by atoms with Gasteiger partial charge >= 0.3 is 5.97 Å². The molecule has 0 bridgehead atoms. The van der Waals surface area contributed by atoms with E-state index in [4.69, 9.17) is 22.3 Å². The van der Waals surface area contributed by atoms with E-state index in [9.17, 15) is 4.79 Å². The van der Waals surface area contributed by atoms with Gasteiger partial charge in [-0.1, -0.05) is 0 Å². The van der Waals surface area contributed by atoms with Crippen molar-refractivity contribution in [1.29, 1.82) is 0 Å². The first kappa shape index (κ1) is 9.79. The van der Waals surface area contributed by atoms with E-state index in [1.165, 1.54) is 0 Å². The highest BCUT2D eigenvalue weighted by Crippen LogP contribution is 2.40. The molecule has 0 aromatic rings. The molecule has 0 aromatic carbocycles. The maximum atomic E-state index is 10.5. The lowest BCUT2D eigenvalue weighted by molar-refractivity contribution is -0.139. The molecular formula is C7H14N4O2. The van der Waals surface area contributed by atoms with Gasteiger partial charge in [0.25, 0.3) is 0 Å². The third-order valence-corrected chi connectivity index (χ3v) is 2.23. The fraction of sp³-hybridized carbons (Fsp3) is 0.714. The lowest BCUT2D eigenvalue weighted by Crippen LogP contribution is -2.33. The predicted molar refractivity (Wildman–Crippen MR) is 47.9 cm³/mol. The topological polar surface area (TPSA) is 128 Å². The number of aliphatic carboxylic acids is 1. The molecule has 1 aliphatic rings. The van der Waals surface area contributed by atoms with Gasteiger partial charge < -0.3 is 22.3 Å². The predicted octanol–water partition coefficient (Wildman–Crippen LogP) is -1.69. The molecule has 6 nitrogen and oxygen atoms in total. The molecule has 74 valence electrons. The van der Waals surface area contributed by atoms with E-state index in [1.807, 2.05) is 0 Å². The molecule has 0 aromatic heterocycles. The van der Waals surface area contributed by atoms with Crippen LogP contribution in [0.5, 0.6) is 0 Å². The van der Waals surface area contributed by atoms with E-state index in [0.717, 1.165) is 6.42 Å². The van der Waals surface area contributed by atoms with Crippen LogP contribution in [0.4, 0.5) is 0 Å². The molecule has 1 rings (SSSR count). The monoisotopic (exact) mass is 186 g/mol. The number of nitrogens with two attached hydrogens (primary N) is 3. The first-order valence-corrected chi connectivity index (χ1v) is 4.06. The van der Waals surface area contributed by atoms with Gasteiger partial charge in [-0.05, 0) is 18.3 Å². The maximum absolute atomic E-state index is 10.5. The van der Waals surface area contributed by atoms with E-state index in [-0.39, 0.29) is 17.8 Å². The van der Waals surface area contributed by atoms with Gasteiger partial charge in [0.05, 0.1) is 0 Å². The summed E-state index contributed by atoms with van der Waals surface area (Å²) in [5, 5.41) is 8.58. The molecule has 1 fully saturated rings. The highest BCUT2D eigenvalue weighted by molar-refractivity contribution is 5.76. The number of rotatable bonds is 4. The molecule has 0 aliphatic heterocycles. The number of carboxylic acid groups (broad SMARTS) is 1. The van der Waals surface area contributed by atoms with Crippen molar-refractivity contribution in [3.05, 3.63) is 0 Å². The molecule has 1 saturated carbocycles. The summed E-state index contributed by atoms with van der Waals surface area (Å²) >= 11 is 0. The van der Waals surface area contributed by atoms with Gasteiger partial charge in [-0.25, -0.2) is 0 Å². The Kier molecular flexibility index (Phi) is 2.72. The van der Waals surface area contributed by atoms with Gasteiger partial charge in [0.1, 0.15) is 6.04 Å². The summed E-state index contributed by atoms with van der Waals surface area (Å²) in [7, 11) is 0. The van der Waals surface area contributed by atoms with Gasteiger partial charge in [-0.3, -0.25) is 9.79 Å². The Bertz CT molecular complexity index is 237. The zero-order chi connectivity index (χ0) is 10.0. The van der Waals surface area contributed by atoms with Gasteiger partial charge in [-0.15, -0.1) is 0 Å². The molecule has 7 N–H and O–H groups in total. The lowest BCUT2D eigenvalue weighted by Gasteiger charge is -2.03. The molecule has 3 atom stereocenters. The molecule has 0 radical (unpaired) electrons. The number of carbonyl (C=O) groups is 1. The van der Waals surface area contributed by atoms with Crippen LogP contribution in [-0.4, -0.2) is 29.6 Å². The third kappa shape index (κ3) is 2.59. The minimum Gasteiger partial charge on any atom is -0.480 e. The van der Waals surface area contributed by atoms with Gasteiger partial charge in [0, 0.05) is 6.54 Å². The molecule has 6 heteroatoms. The highest BCUT2D eigenvalue weighted by atomic mass is 16.4. The Hall–Kier alpha value is -1.30. The third-order valence-electron chi connectivity index (χ3n) is 2.23. The Morgan fingerprint density at radius 2 is 2.23 bits per heavy atom. The molecule has 0 heterocycles. The summed E-state index contributed by atoms with van der Waals surface area (Å²) in [6, 6.07) is -0.779. The van der Waals surface area contributed by atoms with E-state index in [0.29, 0.717) is 6.54 Å². The number of aliphatic imine (C=N–C) groups is 1. The van der Waals surface area contributed by atoms with Crippen LogP contribution in [0.25, 0.3) is 0 Å². The average Bonchev–Trinajstić information content (AvgIpc) is 2.78. The summed E-state index contributed by atoms with van der Waals surface area (Å²) in [6.45, 7) is 0.480. The first-order valence-electron chi connectivity index (χ1n) is 4.06. The Morgan fingerprint density at radius 3 is 2.69 bits per heavy atom. The van der Waals surface area contributed by atoms with E-state index in [2.05, 4.69) is 4.99 Å². The standard InChI is InChI=1S/C7H14N4O2/c8-5(6(12)13)4-1-3(4)2-11-7(9)10/h3-5H,1-2,8H2,(H,12,13)(H4,9,10,11)/t3-,4-,5+/m1/s1. The molecular weight excluding hydrogens is 172 g/mol. The van der Waals surface area contributed by atoms with E-state index < -0.39 is 12.0 Å². The minimum atomic E-state index is -0.961. The fourth-order valence-corrected chi connectivity index (χ4v) is 1.33. The van der Waals surface area contributed by atoms with Crippen molar-refractivity contribution in [2.24, 2.45) is 34.0 Å². The van der Waals surface area contributed by atoms with Crippen LogP contribution in [0, 0.1) is 11.8 Å². The molecule has 0 amide bonds. The van der Waals surface area contributed by atoms with Crippen LogP contribution < -0.4 is 17.2 Å². The van der Waals surface area contributed by atoms with E-state index >= 15 is 0 Å². The molecule has 0 spiro atoms. The van der Waals surface area contributed by atoms with Crippen molar-refractivity contribution in [2.45, 2.75) is 12.5 Å². The first-order chi connectivity index (χ1) is 6.02. The number of nitrogens with zero attached hydrogens (tertiary/aromatic N) is 1. The van der Waals surface area contributed by atoms with Crippen molar-refractivity contribution in [3.63, 3.8) is 0 Å². The quantitative estimate of drug-likeness (QED) is 0.307. The number of hydrogen-bond acceptors (Lipinski definition) is 3. The normalized spacial score (nSPS) is 27.8. The van der Waals surface area contributed by atoms with Crippen molar-refractivity contribution in [1.82, 2.24) is 0 Å². The van der Waals surface area contributed by atoms with Crippen molar-refractivity contribution in [3.8, 4) is 0 Å². The molecule has 13 heavy (non-hydrogen) atoms. The smallest absolute Gasteiger partial charge is 0.320 e. The summed E-state index contributed by atoms with van der Waals surface area (Å²) in [4.78, 5) is 14.3. The van der Waals surface area contributed by atoms with Crippen molar-refractivity contribution in [2.75, 3.05) is 6.54 Å². The second-order valence-electron chi connectivity index (χ2n) is 3.29. The Balaban J connectivity index is 2.30. The van der Waals surface area contributed by atoms with Crippen LogP contribution in [-0.2, 0) is 4.79 Å². The van der Waals surface area contributed by atoms with Crippen LogP contribution in [0.1, 0.15) is 6.42 Å². The van der Waals surface area contributed by atoms with Crippen molar-refractivity contribution < 1.29 is 9.90 Å². The Labute approximate surface area is 75.8 Å². The van der Waals surface area contributed by atoms with Crippen LogP contribution >= 0.6 is 0 Å². The van der Waals surface area contributed by atoms with Crippen LogP contribution in [0.2, 0.25) is 0 Å². The lowest BCUT2D eigenvalue weighted by atomic mass is 10.1. The number of hydrogen-bond donors (Lipinski definition) is 4. The number of guanidine groups is 1. The fourth-order valence-electron chi connectivity index (χ4n) is 1.33. The Morgan fingerprint density at radius 1 is 1.62 bits per heavy atom. The second kappa shape index (κ2) is 3.61. The minimum absolute atomic E-state index is 0.0283. The molecule has 1 aliphatic carbocycles. The molecule has 0 unspecified atom stereocenters. The summed E-state index contributed by atoms with van der Waals surface area (Å²) in [5.41, 5.74) is 15.7. The highest BCUT2D eigenvalue weighted by Gasteiger charge is 2.44. The maximum Gasteiger partial charge on any atom is 0.320 e. The average molecular weight is 186 g/mol. The molecule has 0 saturated heterocycles. The van der Waals surface area contributed by atoms with Crippen molar-refractivity contribution >= 4 is 11.9 Å². The van der Waals surface area contributed by atoms with Crippen LogP contribution in [0.3, 0.4) is 0 Å². The summed E-state index contributed by atoms with van der Waals surface area (Å²) in [5.74, 6) is -0.666. The van der Waals surface area contributed by atoms with E-state index in [1.54, 1.807) is 0 Å². The van der Waals surface area contributed by atoms with Crippen LogP contribution in [0.15, 0.2) is 4.99 Å². The number of carboxylic acids is 1.